The van der Waals surface area contributed by atoms with Crippen molar-refractivity contribution >= 4 is 30.7 Å². The summed E-state index contributed by atoms with van der Waals surface area (Å²) >= 11 is 0. The van der Waals surface area contributed by atoms with E-state index in [1.54, 1.807) is 28.9 Å². The van der Waals surface area contributed by atoms with Gasteiger partial charge in [0.2, 0.25) is 5.91 Å². The Morgan fingerprint density at radius 1 is 0.947 bits per heavy atom. The number of aromatic hydroxyl groups is 1. The number of amides is 1. The third kappa shape index (κ3) is 5.95. The molecule has 0 aliphatic rings. The van der Waals surface area contributed by atoms with Crippen LogP contribution >= 0.6 is 0 Å². The summed E-state index contributed by atoms with van der Waals surface area (Å²) in [5.41, 5.74) is 4.20. The number of phenols is 1. The first-order valence-electron chi connectivity index (χ1n) is 12.3. The van der Waals surface area contributed by atoms with E-state index in [1.165, 1.54) is 0 Å². The quantitative estimate of drug-likeness (QED) is 0.252. The number of aromatic nitrogens is 3. The largest absolute Gasteiger partial charge is 0.507 e. The summed E-state index contributed by atoms with van der Waals surface area (Å²) in [6.07, 6.45) is 1.84. The van der Waals surface area contributed by atoms with Crippen molar-refractivity contribution in [1.29, 1.82) is 0 Å². The van der Waals surface area contributed by atoms with Gasteiger partial charge in [-0.3, -0.25) is 4.79 Å². The molecule has 0 spiro atoms. The van der Waals surface area contributed by atoms with Gasteiger partial charge in [-0.05, 0) is 40.9 Å². The Balaban J connectivity index is 1.18. The fraction of sp³-hybridized carbons (Fsp3) is 0.138. The fourth-order valence-corrected chi connectivity index (χ4v) is 3.97. The average Bonchev–Trinajstić information content (AvgIpc) is 3.32. The lowest BCUT2D eigenvalue weighted by atomic mass is 10.0. The van der Waals surface area contributed by atoms with E-state index in [1.807, 2.05) is 66.7 Å². The second-order valence-electron chi connectivity index (χ2n) is 8.74. The normalized spacial score (nSPS) is 10.8. The van der Waals surface area contributed by atoms with Crippen LogP contribution in [0.25, 0.3) is 16.9 Å². The van der Waals surface area contributed by atoms with Gasteiger partial charge < -0.3 is 20.5 Å². The number of carbonyl (C=O) groups excluding carboxylic acids is 1. The number of carbonyl (C=O) groups is 1. The molecule has 38 heavy (non-hydrogen) atoms. The molecule has 0 unspecified atom stereocenters. The summed E-state index contributed by atoms with van der Waals surface area (Å²) in [6, 6.07) is 26.3. The van der Waals surface area contributed by atoms with Gasteiger partial charge in [0.1, 0.15) is 25.2 Å². The molecule has 0 atom stereocenters. The minimum Gasteiger partial charge on any atom is -0.507 e. The van der Waals surface area contributed by atoms with Gasteiger partial charge in [0, 0.05) is 30.9 Å². The highest BCUT2D eigenvalue weighted by Gasteiger charge is 2.13. The highest BCUT2D eigenvalue weighted by molar-refractivity contribution is 6.36. The van der Waals surface area contributed by atoms with Crippen molar-refractivity contribution in [2.75, 3.05) is 11.9 Å². The summed E-state index contributed by atoms with van der Waals surface area (Å²) < 4.78 is 7.22. The zero-order valence-corrected chi connectivity index (χ0v) is 20.7. The predicted octanol–water partition coefficient (Wildman–Crippen LogP) is 3.59. The third-order valence-corrected chi connectivity index (χ3v) is 6.01. The van der Waals surface area contributed by atoms with Gasteiger partial charge in [-0.15, -0.1) is 0 Å². The van der Waals surface area contributed by atoms with Crippen LogP contribution in [0.4, 0.5) is 5.82 Å². The maximum absolute atomic E-state index is 12.2. The summed E-state index contributed by atoms with van der Waals surface area (Å²) in [5.74, 6) is 1.52. The predicted molar refractivity (Wildman–Crippen MR) is 148 cm³/mol. The Hall–Kier alpha value is -4.79. The first-order chi connectivity index (χ1) is 18.6. The Morgan fingerprint density at radius 3 is 2.42 bits per heavy atom. The number of benzene rings is 3. The zero-order chi connectivity index (χ0) is 26.3. The van der Waals surface area contributed by atoms with E-state index < -0.39 is 0 Å². The van der Waals surface area contributed by atoms with E-state index in [0.29, 0.717) is 47.9 Å². The van der Waals surface area contributed by atoms with Crippen LogP contribution in [0.2, 0.25) is 0 Å². The number of para-hydroxylation sites is 2. The van der Waals surface area contributed by atoms with Crippen LogP contribution in [0.15, 0.2) is 91.1 Å². The molecule has 0 saturated heterocycles. The molecular weight excluding hydrogens is 477 g/mol. The maximum Gasteiger partial charge on any atom is 0.223 e. The first-order valence-corrected chi connectivity index (χ1v) is 12.3. The van der Waals surface area contributed by atoms with Gasteiger partial charge >= 0.3 is 0 Å². The number of ether oxygens (including phenoxy) is 1. The van der Waals surface area contributed by atoms with E-state index in [9.17, 15) is 9.90 Å². The van der Waals surface area contributed by atoms with Gasteiger partial charge in [-0.2, -0.15) is 9.61 Å². The smallest absolute Gasteiger partial charge is 0.223 e. The molecule has 0 aliphatic carbocycles. The lowest BCUT2D eigenvalue weighted by Crippen LogP contribution is -2.24. The van der Waals surface area contributed by atoms with Crippen molar-refractivity contribution < 1.29 is 14.6 Å². The van der Waals surface area contributed by atoms with Crippen LogP contribution in [0, 0.1) is 0 Å². The van der Waals surface area contributed by atoms with Gasteiger partial charge in [-0.1, -0.05) is 54.6 Å². The second kappa shape index (κ2) is 11.5. The molecule has 0 bridgehead atoms. The lowest BCUT2D eigenvalue weighted by Gasteiger charge is -2.12. The number of rotatable bonds is 10. The van der Waals surface area contributed by atoms with Gasteiger partial charge in [-0.25, -0.2) is 4.98 Å². The molecule has 5 aromatic rings. The molecule has 0 fully saturated rings. The van der Waals surface area contributed by atoms with Crippen LogP contribution < -0.4 is 20.8 Å². The molecule has 3 aromatic carbocycles. The number of hydrogen-bond acceptors (Lipinski definition) is 6. The summed E-state index contributed by atoms with van der Waals surface area (Å²) in [5, 5.41) is 21.0. The molecule has 2 radical (unpaired) electrons. The molecule has 0 saturated carbocycles. The minimum atomic E-state index is -0.0628. The Bertz CT molecular complexity index is 1540. The molecule has 2 aromatic heterocycles. The third-order valence-electron chi connectivity index (χ3n) is 6.01. The number of hydrogen-bond donors (Lipinski definition) is 3. The van der Waals surface area contributed by atoms with Crippen molar-refractivity contribution in [3.05, 3.63) is 102 Å². The fourth-order valence-electron chi connectivity index (χ4n) is 3.97. The molecular formula is C29H26BN5O3. The van der Waals surface area contributed by atoms with Crippen LogP contribution in [-0.2, 0) is 17.9 Å². The van der Waals surface area contributed by atoms with Crippen molar-refractivity contribution in [2.24, 2.45) is 0 Å². The van der Waals surface area contributed by atoms with Gasteiger partial charge in [0.05, 0.1) is 18.7 Å². The van der Waals surface area contributed by atoms with E-state index in [-0.39, 0.29) is 18.1 Å². The monoisotopic (exact) mass is 503 g/mol. The van der Waals surface area contributed by atoms with Crippen molar-refractivity contribution in [2.45, 2.75) is 19.5 Å². The minimum absolute atomic E-state index is 0.0628. The molecule has 1 amide bonds. The van der Waals surface area contributed by atoms with Gasteiger partial charge in [0.25, 0.3) is 0 Å². The Kier molecular flexibility index (Phi) is 7.54. The average molecular weight is 503 g/mol. The first kappa shape index (κ1) is 24.9. The topological polar surface area (TPSA) is 101 Å². The molecule has 2 heterocycles. The molecule has 8 nitrogen and oxygen atoms in total. The van der Waals surface area contributed by atoms with Crippen molar-refractivity contribution in [1.82, 2.24) is 19.9 Å². The lowest BCUT2D eigenvalue weighted by molar-refractivity contribution is -0.121. The zero-order valence-electron chi connectivity index (χ0n) is 20.7. The van der Waals surface area contributed by atoms with Crippen LogP contribution in [0.1, 0.15) is 17.5 Å². The number of anilines is 1. The van der Waals surface area contributed by atoms with E-state index in [4.69, 9.17) is 12.6 Å². The Morgan fingerprint density at radius 2 is 1.66 bits per heavy atom. The number of fused-ring (bicyclic) bond motifs is 1. The molecule has 188 valence electrons. The number of phenolic OH excluding ortho intramolecular Hbond substituents is 1. The molecule has 3 N–H and O–H groups in total. The van der Waals surface area contributed by atoms with E-state index in [2.05, 4.69) is 20.7 Å². The molecule has 9 heteroatoms. The summed E-state index contributed by atoms with van der Waals surface area (Å²) in [4.78, 5) is 16.7. The van der Waals surface area contributed by atoms with Crippen LogP contribution in [-0.4, -0.2) is 40.1 Å². The summed E-state index contributed by atoms with van der Waals surface area (Å²) in [6.45, 7) is 1.30. The van der Waals surface area contributed by atoms with E-state index in [0.717, 1.165) is 16.9 Å². The highest BCUT2D eigenvalue weighted by atomic mass is 16.5. The second-order valence-corrected chi connectivity index (χ2v) is 8.74. The number of nitrogens with zero attached hydrogens (tertiary/aromatic N) is 3. The highest BCUT2D eigenvalue weighted by Crippen LogP contribution is 2.29. The van der Waals surface area contributed by atoms with Crippen molar-refractivity contribution in [3.8, 4) is 22.8 Å². The molecule has 5 rings (SSSR count). The number of nitrogens with one attached hydrogen (secondary N) is 2. The SMILES string of the molecule is [B]c1cnn2c(NCc3ccc(CNC(=O)CCOc4ccccc4)cc3)cc(-c3ccccc3O)nc12. The molecule has 0 aliphatic heterocycles. The van der Waals surface area contributed by atoms with Crippen LogP contribution in [0.5, 0.6) is 11.5 Å². The van der Waals surface area contributed by atoms with Gasteiger partial charge in [0.15, 0.2) is 5.65 Å². The maximum atomic E-state index is 12.2. The van der Waals surface area contributed by atoms with Crippen LogP contribution in [0.3, 0.4) is 0 Å². The Labute approximate surface area is 221 Å². The van der Waals surface area contributed by atoms with E-state index >= 15 is 0 Å². The standard InChI is InChI=1S/C29H26BN5O3/c30-24-19-33-35-27(16-25(34-29(24)35)23-8-4-5-9-26(23)36)31-17-20-10-12-21(13-11-20)18-32-28(37)14-15-38-22-6-2-1-3-7-22/h1-13,16,19,31,36H,14-15,17-18H2,(H,32,37). The van der Waals surface area contributed by atoms with Crippen molar-refractivity contribution in [3.63, 3.8) is 0 Å². The summed E-state index contributed by atoms with van der Waals surface area (Å²) in [7, 11) is 6.08.